The van der Waals surface area contributed by atoms with E-state index >= 15 is 0 Å². The van der Waals surface area contributed by atoms with Gasteiger partial charge in [0.05, 0.1) is 11.8 Å². The van der Waals surface area contributed by atoms with Crippen molar-refractivity contribution >= 4 is 11.6 Å². The van der Waals surface area contributed by atoms with E-state index in [0.29, 0.717) is 30.2 Å². The number of hydrogen-bond donors (Lipinski definition) is 1. The molecule has 2 aromatic carbocycles. The summed E-state index contributed by atoms with van der Waals surface area (Å²) in [6, 6.07) is 16.5. The number of carbonyl (C=O) groups excluding carboxylic acids is 1. The zero-order chi connectivity index (χ0) is 19.8. The fraction of sp³-hybridized carbons (Fsp3) is 0.273. The van der Waals surface area contributed by atoms with E-state index in [0.717, 1.165) is 18.7 Å². The Kier molecular flexibility index (Phi) is 6.78. The van der Waals surface area contributed by atoms with E-state index in [1.807, 2.05) is 25.2 Å². The SMILES string of the molecule is CN(CCCNC(=O)CCc1ncc(-c2ccccc2F)o1)c1ccccc1. The van der Waals surface area contributed by atoms with Crippen LogP contribution in [-0.4, -0.2) is 31.0 Å². The van der Waals surface area contributed by atoms with Crippen molar-refractivity contribution in [3.05, 3.63) is 72.5 Å². The second kappa shape index (κ2) is 9.69. The molecule has 6 heteroatoms. The second-order valence-corrected chi connectivity index (χ2v) is 6.56. The molecule has 3 aromatic rings. The third-order valence-corrected chi connectivity index (χ3v) is 4.45. The van der Waals surface area contributed by atoms with Crippen molar-refractivity contribution in [2.45, 2.75) is 19.3 Å². The molecule has 146 valence electrons. The lowest BCUT2D eigenvalue weighted by Crippen LogP contribution is -2.28. The molecule has 1 heterocycles. The highest BCUT2D eigenvalue weighted by atomic mass is 19.1. The average Bonchev–Trinajstić information content (AvgIpc) is 3.19. The van der Waals surface area contributed by atoms with E-state index in [2.05, 4.69) is 27.3 Å². The van der Waals surface area contributed by atoms with Crippen LogP contribution in [0.1, 0.15) is 18.7 Å². The lowest BCUT2D eigenvalue weighted by atomic mass is 10.2. The topological polar surface area (TPSA) is 58.4 Å². The van der Waals surface area contributed by atoms with Crippen LogP contribution in [0.15, 0.2) is 65.2 Å². The number of nitrogens with zero attached hydrogens (tertiary/aromatic N) is 2. The van der Waals surface area contributed by atoms with Crippen molar-refractivity contribution in [1.82, 2.24) is 10.3 Å². The first-order valence-electron chi connectivity index (χ1n) is 9.36. The Morgan fingerprint density at radius 1 is 1.14 bits per heavy atom. The number of benzene rings is 2. The summed E-state index contributed by atoms with van der Waals surface area (Å²) in [5.74, 6) is 0.395. The number of hydrogen-bond acceptors (Lipinski definition) is 4. The van der Waals surface area contributed by atoms with Crippen LogP contribution in [0.3, 0.4) is 0 Å². The van der Waals surface area contributed by atoms with E-state index in [9.17, 15) is 9.18 Å². The van der Waals surface area contributed by atoms with Crippen molar-refractivity contribution in [2.24, 2.45) is 0 Å². The minimum Gasteiger partial charge on any atom is -0.441 e. The van der Waals surface area contributed by atoms with E-state index in [-0.39, 0.29) is 18.1 Å². The fourth-order valence-corrected chi connectivity index (χ4v) is 2.88. The minimum absolute atomic E-state index is 0.0481. The lowest BCUT2D eigenvalue weighted by Gasteiger charge is -2.19. The van der Waals surface area contributed by atoms with Crippen LogP contribution in [-0.2, 0) is 11.2 Å². The van der Waals surface area contributed by atoms with Gasteiger partial charge in [-0.25, -0.2) is 9.37 Å². The number of carbonyl (C=O) groups is 1. The van der Waals surface area contributed by atoms with Crippen molar-refractivity contribution in [3.63, 3.8) is 0 Å². The Morgan fingerprint density at radius 2 is 1.89 bits per heavy atom. The van der Waals surface area contributed by atoms with E-state index in [1.165, 1.54) is 12.3 Å². The highest BCUT2D eigenvalue weighted by molar-refractivity contribution is 5.76. The summed E-state index contributed by atoms with van der Waals surface area (Å²) in [4.78, 5) is 18.3. The maximum Gasteiger partial charge on any atom is 0.220 e. The number of amides is 1. The first-order valence-corrected chi connectivity index (χ1v) is 9.36. The van der Waals surface area contributed by atoms with E-state index < -0.39 is 0 Å². The van der Waals surface area contributed by atoms with Crippen LogP contribution in [0, 0.1) is 5.82 Å². The van der Waals surface area contributed by atoms with Crippen LogP contribution < -0.4 is 10.2 Å². The zero-order valence-corrected chi connectivity index (χ0v) is 15.9. The molecule has 0 unspecified atom stereocenters. The summed E-state index contributed by atoms with van der Waals surface area (Å²) in [6.45, 7) is 1.47. The number of para-hydroxylation sites is 1. The molecule has 1 amide bonds. The summed E-state index contributed by atoms with van der Waals surface area (Å²) >= 11 is 0. The Hall–Kier alpha value is -3.15. The largest absolute Gasteiger partial charge is 0.441 e. The van der Waals surface area contributed by atoms with Gasteiger partial charge in [-0.3, -0.25) is 4.79 Å². The summed E-state index contributed by atoms with van der Waals surface area (Å²) in [5, 5.41) is 2.91. The molecule has 0 saturated carbocycles. The molecular formula is C22H24FN3O2. The van der Waals surface area contributed by atoms with Gasteiger partial charge < -0.3 is 14.6 Å². The average molecular weight is 381 g/mol. The molecule has 1 N–H and O–H groups in total. The van der Waals surface area contributed by atoms with Crippen molar-refractivity contribution in [2.75, 3.05) is 25.0 Å². The maximum absolute atomic E-state index is 13.8. The first-order chi connectivity index (χ1) is 13.6. The van der Waals surface area contributed by atoms with Crippen LogP contribution in [0.25, 0.3) is 11.3 Å². The van der Waals surface area contributed by atoms with Gasteiger partial charge in [0, 0.05) is 38.7 Å². The Balaban J connectivity index is 1.37. The third kappa shape index (κ3) is 5.42. The Labute approximate surface area is 164 Å². The number of halogens is 1. The highest BCUT2D eigenvalue weighted by Gasteiger charge is 2.11. The Morgan fingerprint density at radius 3 is 2.68 bits per heavy atom. The molecule has 0 radical (unpaired) electrons. The maximum atomic E-state index is 13.8. The van der Waals surface area contributed by atoms with Crippen molar-refractivity contribution in [3.8, 4) is 11.3 Å². The monoisotopic (exact) mass is 381 g/mol. The standard InChI is InChI=1S/C22H24FN3O2/c1-26(17-8-3-2-4-9-17)15-7-14-24-21(27)12-13-22-25-16-20(28-22)18-10-5-6-11-19(18)23/h2-6,8-11,16H,7,12-15H2,1H3,(H,24,27). The molecule has 3 rings (SSSR count). The zero-order valence-electron chi connectivity index (χ0n) is 15.9. The van der Waals surface area contributed by atoms with E-state index in [4.69, 9.17) is 4.42 Å². The van der Waals surface area contributed by atoms with Crippen LogP contribution in [0.5, 0.6) is 0 Å². The Bertz CT molecular complexity index is 896. The summed E-state index contributed by atoms with van der Waals surface area (Å²) < 4.78 is 19.4. The number of aromatic nitrogens is 1. The molecule has 0 spiro atoms. The summed E-state index contributed by atoms with van der Waals surface area (Å²) in [5.41, 5.74) is 1.52. The van der Waals surface area contributed by atoms with Gasteiger partial charge in [-0.1, -0.05) is 30.3 Å². The predicted octanol–water partition coefficient (Wildman–Crippen LogP) is 4.06. The van der Waals surface area contributed by atoms with Gasteiger partial charge in [0.1, 0.15) is 5.82 Å². The molecule has 28 heavy (non-hydrogen) atoms. The predicted molar refractivity (Wildman–Crippen MR) is 108 cm³/mol. The van der Waals surface area contributed by atoms with E-state index in [1.54, 1.807) is 18.2 Å². The highest BCUT2D eigenvalue weighted by Crippen LogP contribution is 2.23. The number of nitrogens with one attached hydrogen (secondary N) is 1. The summed E-state index contributed by atoms with van der Waals surface area (Å²) in [7, 11) is 2.03. The van der Waals surface area contributed by atoms with Gasteiger partial charge >= 0.3 is 0 Å². The third-order valence-electron chi connectivity index (χ3n) is 4.45. The van der Waals surface area contributed by atoms with Crippen LogP contribution in [0.4, 0.5) is 10.1 Å². The molecule has 1 aromatic heterocycles. The molecule has 0 aliphatic rings. The van der Waals surface area contributed by atoms with Gasteiger partial charge in [0.2, 0.25) is 5.91 Å². The van der Waals surface area contributed by atoms with Gasteiger partial charge in [-0.15, -0.1) is 0 Å². The lowest BCUT2D eigenvalue weighted by molar-refractivity contribution is -0.121. The normalized spacial score (nSPS) is 10.6. The molecule has 0 atom stereocenters. The molecule has 5 nitrogen and oxygen atoms in total. The van der Waals surface area contributed by atoms with Gasteiger partial charge in [-0.05, 0) is 30.7 Å². The van der Waals surface area contributed by atoms with Crippen LogP contribution >= 0.6 is 0 Å². The minimum atomic E-state index is -0.358. The van der Waals surface area contributed by atoms with Gasteiger partial charge in [0.25, 0.3) is 0 Å². The molecule has 0 aliphatic heterocycles. The van der Waals surface area contributed by atoms with Gasteiger partial charge in [0.15, 0.2) is 11.7 Å². The number of rotatable bonds is 9. The second-order valence-electron chi connectivity index (χ2n) is 6.56. The number of anilines is 1. The summed E-state index contributed by atoms with van der Waals surface area (Å²) in [6.07, 6.45) is 3.01. The first kappa shape index (κ1) is 19.6. The molecule has 0 saturated heterocycles. The molecule has 0 aliphatic carbocycles. The van der Waals surface area contributed by atoms with Crippen molar-refractivity contribution in [1.29, 1.82) is 0 Å². The molecule has 0 bridgehead atoms. The molecular weight excluding hydrogens is 357 g/mol. The number of oxazole rings is 1. The number of aryl methyl sites for hydroxylation is 1. The quantitative estimate of drug-likeness (QED) is 0.568. The van der Waals surface area contributed by atoms with Crippen LogP contribution in [0.2, 0.25) is 0 Å². The molecule has 0 fully saturated rings. The smallest absolute Gasteiger partial charge is 0.220 e. The fourth-order valence-electron chi connectivity index (χ4n) is 2.88. The van der Waals surface area contributed by atoms with Gasteiger partial charge in [-0.2, -0.15) is 0 Å². The van der Waals surface area contributed by atoms with Crippen molar-refractivity contribution < 1.29 is 13.6 Å².